The van der Waals surface area contributed by atoms with Gasteiger partial charge in [0.1, 0.15) is 10.3 Å². The molecule has 0 aliphatic heterocycles. The molecular weight excluding hydrogens is 275 g/mol. The molecule has 1 rings (SSSR count). The Morgan fingerprint density at radius 3 is 2.67 bits per heavy atom. The lowest BCUT2D eigenvalue weighted by Gasteiger charge is -2.21. The van der Waals surface area contributed by atoms with Crippen LogP contribution in [0, 0.1) is 0 Å². The van der Waals surface area contributed by atoms with Gasteiger partial charge in [-0.15, -0.1) is 0 Å². The number of aromatic nitrogens is 1. The van der Waals surface area contributed by atoms with Crippen LogP contribution in [-0.4, -0.2) is 40.6 Å². The third-order valence-corrected chi connectivity index (χ3v) is 2.98. The van der Waals surface area contributed by atoms with Crippen LogP contribution in [0.4, 0.5) is 0 Å². The third-order valence-electron chi connectivity index (χ3n) is 2.48. The number of nitrogens with zero attached hydrogens (tertiary/aromatic N) is 2. The number of amides is 1. The number of pyridine rings is 1. The fourth-order valence-corrected chi connectivity index (χ4v) is 1.95. The summed E-state index contributed by atoms with van der Waals surface area (Å²) in [4.78, 5) is 17.6. The quantitative estimate of drug-likeness (QED) is 0.820. The van der Waals surface area contributed by atoms with Crippen molar-refractivity contribution in [3.8, 4) is 0 Å². The van der Waals surface area contributed by atoms with E-state index in [2.05, 4.69) is 4.98 Å². The smallest absolute Gasteiger partial charge is 0.257 e. The van der Waals surface area contributed by atoms with Gasteiger partial charge >= 0.3 is 0 Å². The van der Waals surface area contributed by atoms with Gasteiger partial charge in [-0.3, -0.25) is 4.79 Å². The topological polar surface area (TPSA) is 53.4 Å². The average Bonchev–Trinajstić information content (AvgIpc) is 2.33. The summed E-state index contributed by atoms with van der Waals surface area (Å²) in [5, 5.41) is 9.32. The summed E-state index contributed by atoms with van der Waals surface area (Å²) in [7, 11) is 0. The fourth-order valence-electron chi connectivity index (χ4n) is 1.53. The van der Waals surface area contributed by atoms with Crippen LogP contribution in [0.5, 0.6) is 0 Å². The molecule has 18 heavy (non-hydrogen) atoms. The van der Waals surface area contributed by atoms with Gasteiger partial charge in [0.05, 0.1) is 12.2 Å². The molecule has 0 aromatic carbocycles. The summed E-state index contributed by atoms with van der Waals surface area (Å²) >= 11 is 11.6. The van der Waals surface area contributed by atoms with Crippen molar-refractivity contribution in [3.05, 3.63) is 28.0 Å². The molecule has 0 bridgehead atoms. The first kappa shape index (κ1) is 15.2. The molecule has 100 valence electrons. The Morgan fingerprint density at radius 1 is 1.39 bits per heavy atom. The number of unbranched alkanes of at least 4 members (excludes halogenated alkanes) is 1. The molecule has 6 heteroatoms. The van der Waals surface area contributed by atoms with Crippen molar-refractivity contribution in [1.82, 2.24) is 9.88 Å². The minimum absolute atomic E-state index is 0.0753. The average molecular weight is 291 g/mol. The highest BCUT2D eigenvalue weighted by Gasteiger charge is 2.18. The van der Waals surface area contributed by atoms with Crippen LogP contribution in [0.3, 0.4) is 0 Å². The Labute approximate surface area is 117 Å². The molecule has 1 N–H and O–H groups in total. The van der Waals surface area contributed by atoms with E-state index < -0.39 is 0 Å². The zero-order valence-corrected chi connectivity index (χ0v) is 11.7. The number of hydrogen-bond acceptors (Lipinski definition) is 3. The monoisotopic (exact) mass is 290 g/mol. The maximum Gasteiger partial charge on any atom is 0.257 e. The summed E-state index contributed by atoms with van der Waals surface area (Å²) < 4.78 is 0. The summed E-state index contributed by atoms with van der Waals surface area (Å²) in [5.74, 6) is -0.230. The lowest BCUT2D eigenvalue weighted by molar-refractivity contribution is 0.0719. The Balaban J connectivity index is 2.87. The van der Waals surface area contributed by atoms with Crippen LogP contribution in [-0.2, 0) is 0 Å². The summed E-state index contributed by atoms with van der Waals surface area (Å²) in [5.41, 5.74) is 0.311. The van der Waals surface area contributed by atoms with E-state index in [4.69, 9.17) is 28.3 Å². The van der Waals surface area contributed by atoms with Crippen molar-refractivity contribution in [3.63, 3.8) is 0 Å². The lowest BCUT2D eigenvalue weighted by atomic mass is 10.2. The van der Waals surface area contributed by atoms with Crippen LogP contribution in [0.25, 0.3) is 0 Å². The first-order valence-corrected chi connectivity index (χ1v) is 6.58. The highest BCUT2D eigenvalue weighted by molar-refractivity contribution is 6.34. The maximum absolute atomic E-state index is 12.2. The molecule has 0 saturated carbocycles. The van der Waals surface area contributed by atoms with E-state index in [-0.39, 0.29) is 29.4 Å². The zero-order valence-electron chi connectivity index (χ0n) is 10.2. The standard InChI is InChI=1S/C12H16Cl2N2O2/c1-2-3-6-16(7-8-17)12(18)9-4-5-10(13)15-11(9)14/h4-5,17H,2-3,6-8H2,1H3. The molecule has 1 aromatic rings. The van der Waals surface area contributed by atoms with Gasteiger partial charge in [-0.25, -0.2) is 4.98 Å². The molecule has 0 radical (unpaired) electrons. The third kappa shape index (κ3) is 4.12. The van der Waals surface area contributed by atoms with Gasteiger partial charge in [-0.05, 0) is 18.6 Å². The summed E-state index contributed by atoms with van der Waals surface area (Å²) in [6.07, 6.45) is 1.85. The normalized spacial score (nSPS) is 10.4. The predicted molar refractivity (Wildman–Crippen MR) is 72.2 cm³/mol. The number of halogens is 2. The lowest BCUT2D eigenvalue weighted by Crippen LogP contribution is -2.34. The zero-order chi connectivity index (χ0) is 13.5. The number of aliphatic hydroxyl groups is 1. The van der Waals surface area contributed by atoms with E-state index in [1.165, 1.54) is 6.07 Å². The molecule has 4 nitrogen and oxygen atoms in total. The highest BCUT2D eigenvalue weighted by atomic mass is 35.5. The van der Waals surface area contributed by atoms with Crippen molar-refractivity contribution in [1.29, 1.82) is 0 Å². The first-order chi connectivity index (χ1) is 8.60. The molecule has 0 aliphatic rings. The van der Waals surface area contributed by atoms with Gasteiger partial charge in [0, 0.05) is 13.1 Å². The number of carbonyl (C=O) groups excluding carboxylic acids is 1. The molecule has 1 heterocycles. The van der Waals surface area contributed by atoms with Gasteiger partial charge in [-0.1, -0.05) is 36.5 Å². The first-order valence-electron chi connectivity index (χ1n) is 5.82. The number of hydrogen-bond donors (Lipinski definition) is 1. The van der Waals surface area contributed by atoms with Gasteiger partial charge < -0.3 is 10.0 Å². The Hall–Kier alpha value is -0.840. The second-order valence-corrected chi connectivity index (χ2v) is 4.59. The number of aliphatic hydroxyl groups excluding tert-OH is 1. The van der Waals surface area contributed by atoms with Crippen LogP contribution in [0.1, 0.15) is 30.1 Å². The van der Waals surface area contributed by atoms with Gasteiger partial charge in [0.25, 0.3) is 5.91 Å². The molecule has 1 aromatic heterocycles. The van der Waals surface area contributed by atoms with E-state index >= 15 is 0 Å². The minimum atomic E-state index is -0.230. The van der Waals surface area contributed by atoms with E-state index in [1.54, 1.807) is 11.0 Å². The van der Waals surface area contributed by atoms with Crippen LogP contribution >= 0.6 is 23.2 Å². The van der Waals surface area contributed by atoms with Crippen molar-refractivity contribution in [2.24, 2.45) is 0 Å². The number of carbonyl (C=O) groups is 1. The molecule has 0 saturated heterocycles. The van der Waals surface area contributed by atoms with Gasteiger partial charge in [0.15, 0.2) is 0 Å². The Morgan fingerprint density at radius 2 is 2.11 bits per heavy atom. The Kier molecular flexibility index (Phi) is 6.39. The predicted octanol–water partition coefficient (Wildman–Crippen LogP) is 2.62. The SMILES string of the molecule is CCCCN(CCO)C(=O)c1ccc(Cl)nc1Cl. The van der Waals surface area contributed by atoms with Crippen molar-refractivity contribution < 1.29 is 9.90 Å². The van der Waals surface area contributed by atoms with E-state index in [0.29, 0.717) is 12.1 Å². The molecule has 0 atom stereocenters. The van der Waals surface area contributed by atoms with Gasteiger partial charge in [0.2, 0.25) is 0 Å². The van der Waals surface area contributed by atoms with Crippen molar-refractivity contribution in [2.45, 2.75) is 19.8 Å². The van der Waals surface area contributed by atoms with Crippen LogP contribution in [0.2, 0.25) is 10.3 Å². The second kappa shape index (κ2) is 7.56. The molecule has 1 amide bonds. The molecular formula is C12H16Cl2N2O2. The van der Waals surface area contributed by atoms with Gasteiger partial charge in [-0.2, -0.15) is 0 Å². The maximum atomic E-state index is 12.2. The van der Waals surface area contributed by atoms with E-state index in [1.807, 2.05) is 6.92 Å². The highest BCUT2D eigenvalue weighted by Crippen LogP contribution is 2.18. The summed E-state index contributed by atoms with van der Waals surface area (Å²) in [6.45, 7) is 2.85. The molecule has 0 fully saturated rings. The van der Waals surface area contributed by atoms with Crippen molar-refractivity contribution in [2.75, 3.05) is 19.7 Å². The van der Waals surface area contributed by atoms with E-state index in [9.17, 15) is 4.79 Å². The molecule has 0 aliphatic carbocycles. The largest absolute Gasteiger partial charge is 0.395 e. The molecule has 0 unspecified atom stereocenters. The number of rotatable bonds is 6. The van der Waals surface area contributed by atoms with Crippen LogP contribution < -0.4 is 0 Å². The van der Waals surface area contributed by atoms with Crippen molar-refractivity contribution >= 4 is 29.1 Å². The minimum Gasteiger partial charge on any atom is -0.395 e. The summed E-state index contributed by atoms with van der Waals surface area (Å²) in [6, 6.07) is 3.08. The molecule has 0 spiro atoms. The fraction of sp³-hybridized carbons (Fsp3) is 0.500. The van der Waals surface area contributed by atoms with E-state index in [0.717, 1.165) is 12.8 Å². The van der Waals surface area contributed by atoms with Crippen LogP contribution in [0.15, 0.2) is 12.1 Å². The second-order valence-electron chi connectivity index (χ2n) is 3.84. The Bertz CT molecular complexity index is 413.